The lowest BCUT2D eigenvalue weighted by Crippen LogP contribution is -2.09. The highest BCUT2D eigenvalue weighted by Gasteiger charge is 2.27. The summed E-state index contributed by atoms with van der Waals surface area (Å²) >= 11 is 0. The largest absolute Gasteiger partial charge is 0.463 e. The van der Waals surface area contributed by atoms with E-state index in [1.807, 2.05) is 54.9 Å². The van der Waals surface area contributed by atoms with Crippen LogP contribution in [0.25, 0.3) is 17.1 Å². The minimum atomic E-state index is -0.152. The highest BCUT2D eigenvalue weighted by atomic mass is 16.3. The van der Waals surface area contributed by atoms with Crippen LogP contribution in [0.3, 0.4) is 0 Å². The van der Waals surface area contributed by atoms with Crippen molar-refractivity contribution in [3.63, 3.8) is 0 Å². The summed E-state index contributed by atoms with van der Waals surface area (Å²) in [6, 6.07) is 15.4. The summed E-state index contributed by atoms with van der Waals surface area (Å²) in [5.41, 5.74) is 6.07. The van der Waals surface area contributed by atoms with Gasteiger partial charge in [-0.2, -0.15) is 0 Å². The summed E-state index contributed by atoms with van der Waals surface area (Å²) in [6.45, 7) is 2.05. The fourth-order valence-corrected chi connectivity index (χ4v) is 3.61. The highest BCUT2D eigenvalue weighted by molar-refractivity contribution is 6.14. The second-order valence-electron chi connectivity index (χ2n) is 6.57. The second-order valence-corrected chi connectivity index (χ2v) is 6.57. The number of furan rings is 1. The Hall–Kier alpha value is -3.91. The van der Waals surface area contributed by atoms with Gasteiger partial charge in [-0.1, -0.05) is 12.0 Å². The van der Waals surface area contributed by atoms with Crippen LogP contribution in [-0.2, 0) is 0 Å². The molecule has 0 saturated heterocycles. The van der Waals surface area contributed by atoms with E-state index < -0.39 is 0 Å². The number of aromatic nitrogens is 3. The molecule has 4 heterocycles. The average Bonchev–Trinajstić information content (AvgIpc) is 3.39. The Morgan fingerprint density at radius 3 is 2.79 bits per heavy atom. The zero-order chi connectivity index (χ0) is 19.1. The highest BCUT2D eigenvalue weighted by Crippen LogP contribution is 2.36. The van der Waals surface area contributed by atoms with Gasteiger partial charge in [-0.25, -0.2) is 4.98 Å². The van der Waals surface area contributed by atoms with Crippen molar-refractivity contribution < 1.29 is 4.42 Å². The first-order chi connectivity index (χ1) is 13.8. The predicted octanol–water partition coefficient (Wildman–Crippen LogP) is 4.42. The fourth-order valence-electron chi connectivity index (χ4n) is 3.61. The van der Waals surface area contributed by atoms with E-state index >= 15 is 0 Å². The molecular weight excluding hydrogens is 348 g/mol. The molecule has 4 aromatic rings. The van der Waals surface area contributed by atoms with Crippen molar-refractivity contribution in [3.05, 3.63) is 89.8 Å². The zero-order valence-corrected chi connectivity index (χ0v) is 15.2. The van der Waals surface area contributed by atoms with Gasteiger partial charge in [-0.3, -0.25) is 14.5 Å². The molecule has 0 amide bonds. The van der Waals surface area contributed by atoms with Gasteiger partial charge in [0.05, 0.1) is 35.1 Å². The molecular formula is C23H16N4O. The number of terminal acetylenes is 1. The first kappa shape index (κ1) is 16.3. The molecule has 28 heavy (non-hydrogen) atoms. The standard InChI is InChI=1S/C23H16N4O/c1-3-16-9-10-19-17(13-16)21(18-7-4-5-11-24-18)26-15(2)23-22(25-14-27(19)23)20-8-6-12-28-20/h1,4-15H,2H3/t15-/m1/s1. The number of nitrogens with zero attached hydrogens (tertiary/aromatic N) is 4. The summed E-state index contributed by atoms with van der Waals surface area (Å²) in [6.07, 6.45) is 10.9. The maximum Gasteiger partial charge on any atom is 0.154 e. The summed E-state index contributed by atoms with van der Waals surface area (Å²) < 4.78 is 7.67. The topological polar surface area (TPSA) is 56.2 Å². The Kier molecular flexibility index (Phi) is 3.70. The number of aliphatic imine (C=N–C) groups is 1. The summed E-state index contributed by atoms with van der Waals surface area (Å²) in [5, 5.41) is 0. The molecule has 0 fully saturated rings. The van der Waals surface area contributed by atoms with Gasteiger partial charge in [0.2, 0.25) is 0 Å². The fraction of sp³-hybridized carbons (Fsp3) is 0.0870. The van der Waals surface area contributed by atoms with Gasteiger partial charge in [0.1, 0.15) is 12.0 Å². The molecule has 1 aliphatic heterocycles. The molecule has 3 aromatic heterocycles. The molecule has 0 saturated carbocycles. The van der Waals surface area contributed by atoms with Crippen LogP contribution in [0.4, 0.5) is 0 Å². The Morgan fingerprint density at radius 2 is 2.04 bits per heavy atom. The molecule has 0 aliphatic carbocycles. The van der Waals surface area contributed by atoms with Crippen molar-refractivity contribution in [1.29, 1.82) is 0 Å². The number of fused-ring (bicyclic) bond motifs is 3. The van der Waals surface area contributed by atoms with Gasteiger partial charge in [0.15, 0.2) is 5.76 Å². The Bertz CT molecular complexity index is 1230. The minimum Gasteiger partial charge on any atom is -0.463 e. The molecule has 5 heteroatoms. The van der Waals surface area contributed by atoms with Gasteiger partial charge in [0.25, 0.3) is 0 Å². The lowest BCUT2D eigenvalue weighted by molar-refractivity contribution is 0.578. The molecule has 1 atom stereocenters. The van der Waals surface area contributed by atoms with E-state index in [1.54, 1.807) is 12.5 Å². The number of benzene rings is 1. The number of hydrogen-bond acceptors (Lipinski definition) is 4. The summed E-state index contributed by atoms with van der Waals surface area (Å²) in [4.78, 5) is 14.2. The lowest BCUT2D eigenvalue weighted by Gasteiger charge is -2.12. The predicted molar refractivity (Wildman–Crippen MR) is 107 cm³/mol. The lowest BCUT2D eigenvalue weighted by atomic mass is 10.0. The van der Waals surface area contributed by atoms with Crippen LogP contribution in [0.1, 0.15) is 35.5 Å². The van der Waals surface area contributed by atoms with E-state index in [4.69, 9.17) is 15.8 Å². The molecule has 0 bridgehead atoms. The first-order valence-corrected chi connectivity index (χ1v) is 8.98. The van der Waals surface area contributed by atoms with Gasteiger partial charge >= 0.3 is 0 Å². The normalized spacial score (nSPS) is 15.1. The van der Waals surface area contributed by atoms with Crippen LogP contribution in [0.2, 0.25) is 0 Å². The SMILES string of the molecule is C#Cc1ccc2c(c1)C(c1ccccn1)=N[C@H](C)c1c(-c3ccco3)ncn1-2. The van der Waals surface area contributed by atoms with Gasteiger partial charge < -0.3 is 4.42 Å². The first-order valence-electron chi connectivity index (χ1n) is 8.98. The van der Waals surface area contributed by atoms with Crippen LogP contribution in [0.15, 0.2) is 76.7 Å². The number of rotatable bonds is 2. The van der Waals surface area contributed by atoms with Crippen LogP contribution >= 0.6 is 0 Å². The Balaban J connectivity index is 1.81. The van der Waals surface area contributed by atoms with E-state index in [2.05, 4.69) is 27.4 Å². The minimum absolute atomic E-state index is 0.152. The summed E-state index contributed by atoms with van der Waals surface area (Å²) in [5.74, 6) is 3.44. The van der Waals surface area contributed by atoms with Crippen LogP contribution in [-0.4, -0.2) is 20.2 Å². The van der Waals surface area contributed by atoms with Crippen molar-refractivity contribution in [2.75, 3.05) is 0 Å². The molecule has 5 rings (SSSR count). The van der Waals surface area contributed by atoms with E-state index in [9.17, 15) is 0 Å². The molecule has 0 radical (unpaired) electrons. The molecule has 1 aromatic carbocycles. The van der Waals surface area contributed by atoms with E-state index in [1.165, 1.54) is 0 Å². The Labute approximate surface area is 162 Å². The molecule has 1 aliphatic rings. The molecule has 0 unspecified atom stereocenters. The van der Waals surface area contributed by atoms with Crippen LogP contribution in [0.5, 0.6) is 0 Å². The van der Waals surface area contributed by atoms with Crippen molar-refractivity contribution >= 4 is 5.71 Å². The van der Waals surface area contributed by atoms with Crippen molar-refractivity contribution in [2.45, 2.75) is 13.0 Å². The third-order valence-corrected chi connectivity index (χ3v) is 4.86. The van der Waals surface area contributed by atoms with Gasteiger partial charge in [-0.15, -0.1) is 6.42 Å². The number of pyridine rings is 1. The third kappa shape index (κ3) is 2.47. The molecule has 0 N–H and O–H groups in total. The molecule has 5 nitrogen and oxygen atoms in total. The monoisotopic (exact) mass is 364 g/mol. The molecule has 134 valence electrons. The van der Waals surface area contributed by atoms with Gasteiger partial charge in [0, 0.05) is 17.3 Å². The van der Waals surface area contributed by atoms with Crippen molar-refractivity contribution in [1.82, 2.24) is 14.5 Å². The van der Waals surface area contributed by atoms with Crippen LogP contribution < -0.4 is 0 Å². The van der Waals surface area contributed by atoms with Crippen molar-refractivity contribution in [2.24, 2.45) is 4.99 Å². The van der Waals surface area contributed by atoms with Gasteiger partial charge in [-0.05, 0) is 49.4 Å². The van der Waals surface area contributed by atoms with Crippen LogP contribution in [0, 0.1) is 12.3 Å². The van der Waals surface area contributed by atoms with E-state index in [-0.39, 0.29) is 6.04 Å². The maximum absolute atomic E-state index is 5.66. The third-order valence-electron chi connectivity index (χ3n) is 4.86. The quantitative estimate of drug-likeness (QED) is 0.495. The van der Waals surface area contributed by atoms with E-state index in [0.717, 1.165) is 45.4 Å². The summed E-state index contributed by atoms with van der Waals surface area (Å²) in [7, 11) is 0. The Morgan fingerprint density at radius 1 is 1.11 bits per heavy atom. The second kappa shape index (κ2) is 6.36. The van der Waals surface area contributed by atoms with Crippen molar-refractivity contribution in [3.8, 4) is 29.5 Å². The number of imidazole rings is 1. The molecule has 0 spiro atoms. The zero-order valence-electron chi connectivity index (χ0n) is 15.2. The maximum atomic E-state index is 5.66. The smallest absolute Gasteiger partial charge is 0.154 e. The number of hydrogen-bond donors (Lipinski definition) is 0. The average molecular weight is 364 g/mol. The van der Waals surface area contributed by atoms with E-state index in [0.29, 0.717) is 0 Å².